The van der Waals surface area contributed by atoms with E-state index in [1.807, 2.05) is 18.3 Å². The second-order valence-electron chi connectivity index (χ2n) is 9.14. The topological polar surface area (TPSA) is 17.8 Å². The maximum atomic E-state index is 4.90. The molecule has 0 saturated carbocycles. The van der Waals surface area contributed by atoms with Gasteiger partial charge in [-0.05, 0) is 35.4 Å². The molecule has 0 aliphatic carbocycles. The number of benzene rings is 3. The van der Waals surface area contributed by atoms with Crippen molar-refractivity contribution in [3.8, 4) is 11.4 Å². The van der Waals surface area contributed by atoms with Gasteiger partial charge in [0.2, 0.25) is 0 Å². The van der Waals surface area contributed by atoms with E-state index in [0.29, 0.717) is 11.8 Å². The predicted molar refractivity (Wildman–Crippen MR) is 151 cm³/mol. The van der Waals surface area contributed by atoms with Crippen molar-refractivity contribution in [2.45, 2.75) is 33.6 Å². The van der Waals surface area contributed by atoms with Gasteiger partial charge in [0.25, 0.3) is 0 Å². The van der Waals surface area contributed by atoms with E-state index in [0.717, 1.165) is 39.4 Å². The third-order valence-electron chi connectivity index (χ3n) is 6.75. The molecule has 0 fully saturated rings. The lowest BCUT2D eigenvalue weighted by molar-refractivity contribution is 0.536. The zero-order chi connectivity index (χ0) is 24.8. The summed E-state index contributed by atoms with van der Waals surface area (Å²) in [5.41, 5.74) is 8.03. The van der Waals surface area contributed by atoms with Crippen molar-refractivity contribution in [2.75, 3.05) is 0 Å². The molecule has 4 rings (SSSR count). The van der Waals surface area contributed by atoms with E-state index in [4.69, 9.17) is 4.98 Å². The molecule has 0 N–H and O–H groups in total. The molecule has 0 bridgehead atoms. The number of hydrogen-bond acceptors (Lipinski definition) is 1. The van der Waals surface area contributed by atoms with Crippen molar-refractivity contribution in [3.05, 3.63) is 133 Å². The van der Waals surface area contributed by atoms with E-state index in [1.165, 1.54) is 5.56 Å². The van der Waals surface area contributed by atoms with Gasteiger partial charge in [-0.15, -0.1) is 0 Å². The van der Waals surface area contributed by atoms with Crippen molar-refractivity contribution in [3.63, 3.8) is 0 Å². The van der Waals surface area contributed by atoms with Crippen LogP contribution >= 0.6 is 0 Å². The minimum atomic E-state index is 0.409. The van der Waals surface area contributed by atoms with Crippen molar-refractivity contribution in [1.29, 1.82) is 0 Å². The molecule has 1 heterocycles. The zero-order valence-corrected chi connectivity index (χ0v) is 21.1. The van der Waals surface area contributed by atoms with Crippen LogP contribution in [0.5, 0.6) is 0 Å². The largest absolute Gasteiger partial charge is 0.299 e. The van der Waals surface area contributed by atoms with Gasteiger partial charge >= 0.3 is 0 Å². The molecule has 0 radical (unpaired) electrons. The fourth-order valence-electron chi connectivity index (χ4n) is 4.57. The van der Waals surface area contributed by atoms with Crippen molar-refractivity contribution >= 4 is 16.8 Å². The molecule has 0 spiro atoms. The first-order valence-corrected chi connectivity index (χ1v) is 12.3. The summed E-state index contributed by atoms with van der Waals surface area (Å²) in [6, 6.07) is 29.7. The Morgan fingerprint density at radius 1 is 0.829 bits per heavy atom. The van der Waals surface area contributed by atoms with E-state index in [1.54, 1.807) is 0 Å². The van der Waals surface area contributed by atoms with Crippen LogP contribution in [0.3, 0.4) is 0 Å². The van der Waals surface area contributed by atoms with Gasteiger partial charge in [-0.3, -0.25) is 4.57 Å². The second kappa shape index (κ2) is 11.0. The van der Waals surface area contributed by atoms with Crippen LogP contribution < -0.4 is 0 Å². The van der Waals surface area contributed by atoms with E-state index < -0.39 is 0 Å². The van der Waals surface area contributed by atoms with Crippen LogP contribution in [-0.4, -0.2) is 9.55 Å². The Morgan fingerprint density at radius 3 is 2.03 bits per heavy atom. The molecule has 2 heteroatoms. The van der Waals surface area contributed by atoms with Crippen LogP contribution in [0.2, 0.25) is 0 Å². The highest BCUT2D eigenvalue weighted by Crippen LogP contribution is 2.39. The molecule has 1 aromatic heterocycles. The molecule has 0 saturated heterocycles. The molecule has 4 aromatic rings. The third kappa shape index (κ3) is 4.97. The first kappa shape index (κ1) is 24.2. The van der Waals surface area contributed by atoms with Gasteiger partial charge < -0.3 is 0 Å². The molecular weight excluding hydrogens is 424 g/mol. The molecule has 35 heavy (non-hydrogen) atoms. The number of hydrogen-bond donors (Lipinski definition) is 0. The zero-order valence-electron chi connectivity index (χ0n) is 21.1. The first-order chi connectivity index (χ1) is 17.1. The highest BCUT2D eigenvalue weighted by atomic mass is 15.1. The fourth-order valence-corrected chi connectivity index (χ4v) is 4.57. The number of nitrogens with zero attached hydrogens (tertiary/aromatic N) is 2. The van der Waals surface area contributed by atoms with Gasteiger partial charge in [-0.1, -0.05) is 124 Å². The van der Waals surface area contributed by atoms with Crippen LogP contribution in [0.25, 0.3) is 28.2 Å². The Balaban J connectivity index is 2.03. The average Bonchev–Trinajstić information content (AvgIpc) is 3.38. The lowest BCUT2D eigenvalue weighted by atomic mass is 9.87. The maximum Gasteiger partial charge on any atom is 0.144 e. The summed E-state index contributed by atoms with van der Waals surface area (Å²) in [4.78, 5) is 4.90. The van der Waals surface area contributed by atoms with Crippen LogP contribution in [0.15, 0.2) is 116 Å². The Kier molecular flexibility index (Phi) is 7.62. The lowest BCUT2D eigenvalue weighted by Gasteiger charge is -2.23. The number of aromatic nitrogens is 2. The Labute approximate surface area is 210 Å². The molecule has 1 unspecified atom stereocenters. The highest BCUT2D eigenvalue weighted by molar-refractivity contribution is 6.11. The average molecular weight is 459 g/mol. The smallest absolute Gasteiger partial charge is 0.144 e. The monoisotopic (exact) mass is 458 g/mol. The summed E-state index contributed by atoms with van der Waals surface area (Å²) in [6.07, 6.45) is 8.11. The summed E-state index contributed by atoms with van der Waals surface area (Å²) in [5.74, 6) is 1.87. The third-order valence-corrected chi connectivity index (χ3v) is 6.75. The molecule has 0 aliphatic heterocycles. The summed E-state index contributed by atoms with van der Waals surface area (Å²) in [6.45, 7) is 13.2. The number of allylic oxidation sites excluding steroid dienone is 5. The van der Waals surface area contributed by atoms with Gasteiger partial charge in [0.1, 0.15) is 5.82 Å². The van der Waals surface area contributed by atoms with E-state index in [9.17, 15) is 0 Å². The standard InChI is InChI=1S/C33H34N2/c1-6-28(26-16-10-8-11-17-26)32(29(7-2)27-18-12-9-13-19-27)35-23-22-34-33(35)31-21-15-14-20-30(31)25(5)24(3)4/h6-25H,1H2,2-5H3/b29-7-,32-28-. The summed E-state index contributed by atoms with van der Waals surface area (Å²) >= 11 is 0. The quantitative estimate of drug-likeness (QED) is 0.241. The lowest BCUT2D eigenvalue weighted by Crippen LogP contribution is -2.08. The Bertz CT molecular complexity index is 1340. The summed E-state index contributed by atoms with van der Waals surface area (Å²) in [5, 5.41) is 0. The first-order valence-electron chi connectivity index (χ1n) is 12.3. The maximum absolute atomic E-state index is 4.90. The van der Waals surface area contributed by atoms with Crippen molar-refractivity contribution < 1.29 is 0 Å². The van der Waals surface area contributed by atoms with Crippen LogP contribution in [-0.2, 0) is 0 Å². The minimum Gasteiger partial charge on any atom is -0.299 e. The summed E-state index contributed by atoms with van der Waals surface area (Å²) in [7, 11) is 0. The molecule has 1 atom stereocenters. The highest BCUT2D eigenvalue weighted by Gasteiger charge is 2.22. The van der Waals surface area contributed by atoms with Crippen molar-refractivity contribution in [1.82, 2.24) is 9.55 Å². The predicted octanol–water partition coefficient (Wildman–Crippen LogP) is 8.97. The fraction of sp³-hybridized carbons (Fsp3) is 0.182. The Morgan fingerprint density at radius 2 is 1.43 bits per heavy atom. The van der Waals surface area contributed by atoms with E-state index in [-0.39, 0.29) is 0 Å². The molecule has 3 aromatic carbocycles. The molecular formula is C33H34N2. The van der Waals surface area contributed by atoms with Gasteiger partial charge in [0, 0.05) is 29.1 Å². The second-order valence-corrected chi connectivity index (χ2v) is 9.14. The van der Waals surface area contributed by atoms with Crippen molar-refractivity contribution in [2.24, 2.45) is 5.92 Å². The molecule has 0 amide bonds. The number of rotatable bonds is 8. The van der Waals surface area contributed by atoms with Crippen LogP contribution in [0.4, 0.5) is 0 Å². The van der Waals surface area contributed by atoms with Gasteiger partial charge in [-0.2, -0.15) is 0 Å². The normalized spacial score (nSPS) is 13.5. The molecule has 2 nitrogen and oxygen atoms in total. The van der Waals surface area contributed by atoms with E-state index >= 15 is 0 Å². The number of imidazole rings is 1. The van der Waals surface area contributed by atoms with E-state index in [2.05, 4.69) is 130 Å². The van der Waals surface area contributed by atoms with Crippen LogP contribution in [0, 0.1) is 5.92 Å². The minimum absolute atomic E-state index is 0.409. The van der Waals surface area contributed by atoms with Gasteiger partial charge in [0.05, 0.1) is 5.70 Å². The van der Waals surface area contributed by atoms with Gasteiger partial charge in [0.15, 0.2) is 0 Å². The Hall–Kier alpha value is -3.91. The molecule has 0 aliphatic rings. The molecule has 176 valence electrons. The van der Waals surface area contributed by atoms with Gasteiger partial charge in [-0.25, -0.2) is 4.98 Å². The SMILES string of the molecule is C=C/C(=C(\C(=C/C)c1ccccc1)n1ccnc1-c1ccccc1C(C)C(C)C)c1ccccc1. The van der Waals surface area contributed by atoms with Crippen LogP contribution in [0.1, 0.15) is 50.3 Å². The summed E-state index contributed by atoms with van der Waals surface area (Å²) < 4.78 is 2.23.